The van der Waals surface area contributed by atoms with Gasteiger partial charge in [-0.05, 0) is 31.1 Å². The molecule has 2 aliphatic rings. The van der Waals surface area contributed by atoms with Gasteiger partial charge in [-0.25, -0.2) is 0 Å². The number of aliphatic carboxylic acids is 1. The molecule has 1 fully saturated rings. The molecule has 0 aliphatic carbocycles. The molecular weight excluding hydrogens is 294 g/mol. The number of aliphatic hydroxyl groups is 2. The van der Waals surface area contributed by atoms with Gasteiger partial charge in [0.1, 0.15) is 0 Å². The molecule has 3 heterocycles. The zero-order valence-corrected chi connectivity index (χ0v) is 12.1. The highest BCUT2D eigenvalue weighted by molar-refractivity contribution is 7.13. The lowest BCUT2D eigenvalue weighted by molar-refractivity contribution is -0.301. The van der Waals surface area contributed by atoms with Crippen LogP contribution in [0.2, 0.25) is 0 Å². The molecule has 0 saturated carbocycles. The minimum Gasteiger partial charge on any atom is -0.543 e. The van der Waals surface area contributed by atoms with E-state index >= 15 is 0 Å². The number of nitrogens with zero attached hydrogens (tertiary/aromatic N) is 1. The number of carbonyl (C=O) groups is 2. The number of carboxylic acid groups (broad SMARTS) is 1. The van der Waals surface area contributed by atoms with Gasteiger partial charge in [0.2, 0.25) is 5.91 Å². The van der Waals surface area contributed by atoms with Crippen molar-refractivity contribution in [2.24, 2.45) is 5.92 Å². The number of amides is 1. The van der Waals surface area contributed by atoms with Crippen molar-refractivity contribution in [1.82, 2.24) is 4.90 Å². The van der Waals surface area contributed by atoms with Crippen LogP contribution in [-0.2, 0) is 16.2 Å². The Kier molecular flexibility index (Phi) is 3.35. The Bertz CT molecular complexity index is 648. The predicted molar refractivity (Wildman–Crippen MR) is 72.6 cm³/mol. The van der Waals surface area contributed by atoms with Gasteiger partial charge in [0, 0.05) is 9.75 Å². The van der Waals surface area contributed by atoms with E-state index in [0.717, 1.165) is 4.88 Å². The maximum Gasteiger partial charge on any atom is 0.235 e. The molecule has 2 N–H and O–H groups in total. The van der Waals surface area contributed by atoms with Crippen LogP contribution in [0.1, 0.15) is 23.1 Å². The molecule has 3 atom stereocenters. The van der Waals surface area contributed by atoms with Crippen LogP contribution in [0.5, 0.6) is 0 Å². The minimum atomic E-state index is -1.39. The first-order valence-corrected chi connectivity index (χ1v) is 7.43. The average molecular weight is 308 g/mol. The quantitative estimate of drug-likeness (QED) is 0.717. The number of carbonyl (C=O) groups excluding carboxylic acids is 2. The normalized spacial score (nSPS) is 25.9. The number of carboxylic acids is 1. The van der Waals surface area contributed by atoms with Gasteiger partial charge in [-0.3, -0.25) is 4.79 Å². The van der Waals surface area contributed by atoms with Gasteiger partial charge in [-0.2, -0.15) is 0 Å². The van der Waals surface area contributed by atoms with Crippen molar-refractivity contribution >= 4 is 28.8 Å². The van der Waals surface area contributed by atoms with E-state index in [2.05, 4.69) is 0 Å². The molecule has 0 bridgehead atoms. The van der Waals surface area contributed by atoms with Crippen LogP contribution in [0.3, 0.4) is 0 Å². The molecule has 0 aromatic carbocycles. The Morgan fingerprint density at radius 2 is 2.29 bits per heavy atom. The number of fused-ring (bicyclic) bond motifs is 1. The minimum absolute atomic E-state index is 0.103. The predicted octanol–water partition coefficient (Wildman–Crippen LogP) is -0.687. The summed E-state index contributed by atoms with van der Waals surface area (Å²) in [6.07, 6.45) is -0.423. The maximum atomic E-state index is 12.0. The fourth-order valence-corrected chi connectivity index (χ4v) is 4.03. The zero-order valence-electron chi connectivity index (χ0n) is 11.3. The molecule has 0 radical (unpaired) electrons. The standard InChI is InChI=1S/C14H15NO5S/c1-6(17)11-9-4-8(10-3-2-7(5-16)21-10)12(14(19)20)15(9)13(11)18/h2-3,6,9,11,16-17H,4-5H2,1H3,(H,19,20)/p-1/t6-,9-,11-/m1/s1. The van der Waals surface area contributed by atoms with Crippen LogP contribution < -0.4 is 5.11 Å². The number of β-lactam (4-membered cyclic amide) rings is 1. The highest BCUT2D eigenvalue weighted by atomic mass is 32.1. The molecule has 1 aromatic heterocycles. The number of hydrogen-bond acceptors (Lipinski definition) is 6. The molecular formula is C14H14NO5S-. The van der Waals surface area contributed by atoms with Crippen molar-refractivity contribution in [1.29, 1.82) is 0 Å². The third-order valence-electron chi connectivity index (χ3n) is 4.04. The Balaban J connectivity index is 2.00. The summed E-state index contributed by atoms with van der Waals surface area (Å²) in [5.41, 5.74) is 0.439. The highest BCUT2D eigenvalue weighted by Crippen LogP contribution is 2.47. The summed E-state index contributed by atoms with van der Waals surface area (Å²) in [5.74, 6) is -2.32. The first kappa shape index (κ1) is 14.2. The van der Waals surface area contributed by atoms with Gasteiger partial charge in [-0.15, -0.1) is 11.3 Å². The molecule has 21 heavy (non-hydrogen) atoms. The van der Waals surface area contributed by atoms with E-state index in [1.807, 2.05) is 0 Å². The van der Waals surface area contributed by atoms with Crippen LogP contribution >= 0.6 is 11.3 Å². The third-order valence-corrected chi connectivity index (χ3v) is 5.17. The van der Waals surface area contributed by atoms with E-state index < -0.39 is 18.0 Å². The fourth-order valence-electron chi connectivity index (χ4n) is 3.10. The van der Waals surface area contributed by atoms with Crippen molar-refractivity contribution < 1.29 is 24.9 Å². The first-order valence-electron chi connectivity index (χ1n) is 6.61. The molecule has 1 saturated heterocycles. The van der Waals surface area contributed by atoms with Crippen molar-refractivity contribution in [2.75, 3.05) is 0 Å². The lowest BCUT2D eigenvalue weighted by Crippen LogP contribution is -2.62. The van der Waals surface area contributed by atoms with E-state index in [-0.39, 0.29) is 24.3 Å². The van der Waals surface area contributed by atoms with E-state index in [1.54, 1.807) is 12.1 Å². The Morgan fingerprint density at radius 3 is 2.81 bits per heavy atom. The second-order valence-corrected chi connectivity index (χ2v) is 6.45. The van der Waals surface area contributed by atoms with Crippen LogP contribution in [0, 0.1) is 5.92 Å². The molecule has 0 spiro atoms. The van der Waals surface area contributed by atoms with E-state index in [9.17, 15) is 19.8 Å². The number of aliphatic hydroxyl groups excluding tert-OH is 2. The van der Waals surface area contributed by atoms with Crippen molar-refractivity contribution in [3.05, 3.63) is 27.6 Å². The van der Waals surface area contributed by atoms with Gasteiger partial charge in [-0.1, -0.05) is 0 Å². The number of thiophene rings is 1. The first-order chi connectivity index (χ1) is 9.95. The summed E-state index contributed by atoms with van der Waals surface area (Å²) >= 11 is 1.29. The topological polar surface area (TPSA) is 101 Å². The Hall–Kier alpha value is -1.70. The Labute approximate surface area is 124 Å². The summed E-state index contributed by atoms with van der Waals surface area (Å²) in [7, 11) is 0. The highest BCUT2D eigenvalue weighted by Gasteiger charge is 2.55. The molecule has 7 heteroatoms. The van der Waals surface area contributed by atoms with Gasteiger partial charge >= 0.3 is 0 Å². The summed E-state index contributed by atoms with van der Waals surface area (Å²) < 4.78 is 0. The van der Waals surface area contributed by atoms with Gasteiger partial charge in [0.05, 0.1) is 36.3 Å². The largest absolute Gasteiger partial charge is 0.543 e. The van der Waals surface area contributed by atoms with E-state index in [0.29, 0.717) is 16.9 Å². The molecule has 1 amide bonds. The van der Waals surface area contributed by atoms with Crippen molar-refractivity contribution in [3.63, 3.8) is 0 Å². The van der Waals surface area contributed by atoms with Gasteiger partial charge < -0.3 is 25.0 Å². The zero-order chi connectivity index (χ0) is 15.3. The van der Waals surface area contributed by atoms with E-state index in [1.165, 1.54) is 23.2 Å². The molecule has 112 valence electrons. The maximum absolute atomic E-state index is 12.0. The summed E-state index contributed by atoms with van der Waals surface area (Å²) in [6.45, 7) is 1.42. The third kappa shape index (κ3) is 2.00. The molecule has 3 rings (SSSR count). The summed E-state index contributed by atoms with van der Waals surface area (Å²) in [6, 6.07) is 3.14. The van der Waals surface area contributed by atoms with Gasteiger partial charge in [0.15, 0.2) is 0 Å². The second-order valence-electron chi connectivity index (χ2n) is 5.28. The smallest absolute Gasteiger partial charge is 0.235 e. The summed E-state index contributed by atoms with van der Waals surface area (Å²) in [5, 5.41) is 30.2. The SMILES string of the molecule is C[C@@H](O)[C@H]1C(=O)N2C(C(=O)[O-])=C(c3ccc(CO)s3)C[C@H]12. The number of rotatable bonds is 4. The average Bonchev–Trinajstić information content (AvgIpc) is 2.99. The van der Waals surface area contributed by atoms with Crippen molar-refractivity contribution in [3.8, 4) is 0 Å². The van der Waals surface area contributed by atoms with Crippen LogP contribution in [0.15, 0.2) is 17.8 Å². The Morgan fingerprint density at radius 1 is 1.57 bits per heavy atom. The number of hydrogen-bond donors (Lipinski definition) is 2. The molecule has 1 aromatic rings. The fraction of sp³-hybridized carbons (Fsp3) is 0.429. The molecule has 0 unspecified atom stereocenters. The van der Waals surface area contributed by atoms with Crippen LogP contribution in [0.25, 0.3) is 5.57 Å². The van der Waals surface area contributed by atoms with E-state index in [4.69, 9.17) is 5.11 Å². The monoisotopic (exact) mass is 308 g/mol. The summed E-state index contributed by atoms with van der Waals surface area (Å²) in [4.78, 5) is 26.1. The second kappa shape index (κ2) is 4.94. The molecule has 2 aliphatic heterocycles. The molecule has 6 nitrogen and oxygen atoms in total. The van der Waals surface area contributed by atoms with Crippen LogP contribution in [0.4, 0.5) is 0 Å². The van der Waals surface area contributed by atoms with Gasteiger partial charge in [0.25, 0.3) is 0 Å². The lowest BCUT2D eigenvalue weighted by Gasteiger charge is -2.45. The van der Waals surface area contributed by atoms with Crippen molar-refractivity contribution in [2.45, 2.75) is 32.1 Å². The lowest BCUT2D eigenvalue weighted by atomic mass is 9.83. The van der Waals surface area contributed by atoms with Crippen LogP contribution in [-0.4, -0.2) is 39.1 Å².